The van der Waals surface area contributed by atoms with Crippen LogP contribution in [0.1, 0.15) is 19.4 Å². The Hall–Kier alpha value is -1.35. The highest BCUT2D eigenvalue weighted by Crippen LogP contribution is 2.31. The predicted molar refractivity (Wildman–Crippen MR) is 75.6 cm³/mol. The molecule has 0 amide bonds. The van der Waals surface area contributed by atoms with E-state index in [1.807, 2.05) is 6.07 Å². The third-order valence-corrected chi connectivity index (χ3v) is 4.05. The van der Waals surface area contributed by atoms with E-state index in [2.05, 4.69) is 43.0 Å². The van der Waals surface area contributed by atoms with Crippen molar-refractivity contribution in [3.8, 4) is 0 Å². The Morgan fingerprint density at radius 2 is 2.00 bits per heavy atom. The maximum absolute atomic E-state index is 11.9. The molecular weight excluding hydrogens is 238 g/mol. The Balaban J connectivity index is 2.03. The first-order valence-electron chi connectivity index (χ1n) is 6.96. The van der Waals surface area contributed by atoms with E-state index in [0.29, 0.717) is 11.8 Å². The SMILES string of the molecule is COC(=O)C1CN(Cc2ccccc2)CC1C(C)C. The molecule has 19 heavy (non-hydrogen) atoms. The van der Waals surface area contributed by atoms with E-state index in [9.17, 15) is 4.79 Å². The molecule has 0 radical (unpaired) electrons. The first kappa shape index (κ1) is 14.1. The molecule has 0 aliphatic carbocycles. The van der Waals surface area contributed by atoms with Crippen LogP contribution >= 0.6 is 0 Å². The molecule has 3 nitrogen and oxygen atoms in total. The van der Waals surface area contributed by atoms with Gasteiger partial charge in [0.15, 0.2) is 0 Å². The number of hydrogen-bond acceptors (Lipinski definition) is 3. The summed E-state index contributed by atoms with van der Waals surface area (Å²) in [5.74, 6) is 0.865. The fourth-order valence-electron chi connectivity index (χ4n) is 2.96. The molecule has 1 aliphatic heterocycles. The third-order valence-electron chi connectivity index (χ3n) is 4.05. The van der Waals surface area contributed by atoms with Crippen LogP contribution in [0.15, 0.2) is 30.3 Å². The molecule has 0 saturated carbocycles. The molecule has 104 valence electrons. The zero-order valence-corrected chi connectivity index (χ0v) is 12.0. The van der Waals surface area contributed by atoms with Gasteiger partial charge in [0.1, 0.15) is 0 Å². The average molecular weight is 261 g/mol. The van der Waals surface area contributed by atoms with E-state index in [1.54, 1.807) is 0 Å². The van der Waals surface area contributed by atoms with Crippen LogP contribution in [-0.4, -0.2) is 31.1 Å². The summed E-state index contributed by atoms with van der Waals surface area (Å²) in [5.41, 5.74) is 1.30. The molecule has 0 N–H and O–H groups in total. The number of carbonyl (C=O) groups excluding carboxylic acids is 1. The summed E-state index contributed by atoms with van der Waals surface area (Å²) in [4.78, 5) is 14.2. The van der Waals surface area contributed by atoms with Crippen molar-refractivity contribution in [1.29, 1.82) is 0 Å². The molecule has 1 saturated heterocycles. The second-order valence-electron chi connectivity index (χ2n) is 5.72. The van der Waals surface area contributed by atoms with E-state index < -0.39 is 0 Å². The van der Waals surface area contributed by atoms with Crippen molar-refractivity contribution in [2.24, 2.45) is 17.8 Å². The minimum Gasteiger partial charge on any atom is -0.469 e. The summed E-state index contributed by atoms with van der Waals surface area (Å²) in [6, 6.07) is 10.4. The van der Waals surface area contributed by atoms with Gasteiger partial charge < -0.3 is 4.74 Å². The van der Waals surface area contributed by atoms with Crippen molar-refractivity contribution >= 4 is 5.97 Å². The monoisotopic (exact) mass is 261 g/mol. The quantitative estimate of drug-likeness (QED) is 0.780. The highest BCUT2D eigenvalue weighted by molar-refractivity contribution is 5.73. The maximum Gasteiger partial charge on any atom is 0.310 e. The Kier molecular flexibility index (Phi) is 4.59. The molecule has 2 unspecified atom stereocenters. The van der Waals surface area contributed by atoms with Crippen molar-refractivity contribution < 1.29 is 9.53 Å². The van der Waals surface area contributed by atoms with Crippen molar-refractivity contribution in [2.75, 3.05) is 20.2 Å². The van der Waals surface area contributed by atoms with Gasteiger partial charge in [-0.05, 0) is 17.4 Å². The van der Waals surface area contributed by atoms with Crippen LogP contribution in [0.4, 0.5) is 0 Å². The maximum atomic E-state index is 11.9. The highest BCUT2D eigenvalue weighted by atomic mass is 16.5. The minimum absolute atomic E-state index is 0.0220. The van der Waals surface area contributed by atoms with Gasteiger partial charge in [0.2, 0.25) is 0 Å². The molecular formula is C16H23NO2. The lowest BCUT2D eigenvalue weighted by atomic mass is 9.86. The summed E-state index contributed by atoms with van der Waals surface area (Å²) in [5, 5.41) is 0. The van der Waals surface area contributed by atoms with Gasteiger partial charge in [0.25, 0.3) is 0 Å². The molecule has 0 aromatic heterocycles. The Morgan fingerprint density at radius 1 is 1.32 bits per heavy atom. The van der Waals surface area contributed by atoms with Crippen LogP contribution in [-0.2, 0) is 16.1 Å². The van der Waals surface area contributed by atoms with Crippen molar-refractivity contribution in [1.82, 2.24) is 4.90 Å². The zero-order valence-electron chi connectivity index (χ0n) is 12.0. The van der Waals surface area contributed by atoms with Crippen LogP contribution in [0, 0.1) is 17.8 Å². The van der Waals surface area contributed by atoms with Crippen LogP contribution in [0.2, 0.25) is 0 Å². The van der Waals surface area contributed by atoms with Crippen LogP contribution in [0.25, 0.3) is 0 Å². The van der Waals surface area contributed by atoms with E-state index in [0.717, 1.165) is 19.6 Å². The molecule has 1 fully saturated rings. The van der Waals surface area contributed by atoms with Gasteiger partial charge in [-0.1, -0.05) is 44.2 Å². The molecule has 2 rings (SSSR count). The van der Waals surface area contributed by atoms with Gasteiger partial charge in [-0.25, -0.2) is 0 Å². The Morgan fingerprint density at radius 3 is 2.58 bits per heavy atom. The number of ether oxygens (including phenoxy) is 1. The number of methoxy groups -OCH3 is 1. The van der Waals surface area contributed by atoms with E-state index in [-0.39, 0.29) is 11.9 Å². The van der Waals surface area contributed by atoms with E-state index in [4.69, 9.17) is 4.74 Å². The number of nitrogens with zero attached hydrogens (tertiary/aromatic N) is 1. The number of rotatable bonds is 4. The smallest absolute Gasteiger partial charge is 0.310 e. The molecule has 1 aliphatic rings. The van der Waals surface area contributed by atoms with E-state index in [1.165, 1.54) is 12.7 Å². The Labute approximate surface area is 115 Å². The first-order valence-corrected chi connectivity index (χ1v) is 6.96. The molecule has 2 atom stereocenters. The number of likely N-dealkylation sites (tertiary alicyclic amines) is 1. The molecule has 3 heteroatoms. The lowest BCUT2D eigenvalue weighted by Crippen LogP contribution is -2.27. The lowest BCUT2D eigenvalue weighted by molar-refractivity contribution is -0.146. The van der Waals surface area contributed by atoms with Gasteiger partial charge in [-0.15, -0.1) is 0 Å². The van der Waals surface area contributed by atoms with Gasteiger partial charge >= 0.3 is 5.97 Å². The summed E-state index contributed by atoms with van der Waals surface area (Å²) >= 11 is 0. The molecule has 1 aromatic rings. The van der Waals surface area contributed by atoms with Crippen LogP contribution < -0.4 is 0 Å². The third kappa shape index (κ3) is 3.35. The zero-order chi connectivity index (χ0) is 13.8. The lowest BCUT2D eigenvalue weighted by Gasteiger charge is -2.19. The summed E-state index contributed by atoms with van der Waals surface area (Å²) in [6.07, 6.45) is 0. The largest absolute Gasteiger partial charge is 0.469 e. The second kappa shape index (κ2) is 6.20. The Bertz CT molecular complexity index is 416. The summed E-state index contributed by atoms with van der Waals surface area (Å²) in [6.45, 7) is 7.08. The summed E-state index contributed by atoms with van der Waals surface area (Å²) < 4.78 is 4.95. The molecule has 1 aromatic carbocycles. The van der Waals surface area contributed by atoms with Crippen LogP contribution in [0.3, 0.4) is 0 Å². The average Bonchev–Trinajstić information content (AvgIpc) is 2.83. The molecule has 0 bridgehead atoms. The van der Waals surface area contributed by atoms with Gasteiger partial charge in [-0.2, -0.15) is 0 Å². The number of esters is 1. The molecule has 0 spiro atoms. The van der Waals surface area contributed by atoms with Crippen LogP contribution in [0.5, 0.6) is 0 Å². The van der Waals surface area contributed by atoms with Gasteiger partial charge in [-0.3, -0.25) is 9.69 Å². The fraction of sp³-hybridized carbons (Fsp3) is 0.562. The standard InChI is InChI=1S/C16H23NO2/c1-12(2)14-10-17(11-15(14)16(18)19-3)9-13-7-5-4-6-8-13/h4-8,12,14-15H,9-11H2,1-3H3. The van der Waals surface area contributed by atoms with Crippen molar-refractivity contribution in [3.63, 3.8) is 0 Å². The van der Waals surface area contributed by atoms with Gasteiger partial charge in [0, 0.05) is 19.6 Å². The van der Waals surface area contributed by atoms with Crippen molar-refractivity contribution in [3.05, 3.63) is 35.9 Å². The highest BCUT2D eigenvalue weighted by Gasteiger charge is 2.39. The number of hydrogen-bond donors (Lipinski definition) is 0. The number of benzene rings is 1. The fourth-order valence-corrected chi connectivity index (χ4v) is 2.96. The predicted octanol–water partition coefficient (Wildman–Crippen LogP) is 2.56. The topological polar surface area (TPSA) is 29.5 Å². The first-order chi connectivity index (χ1) is 9.11. The van der Waals surface area contributed by atoms with E-state index >= 15 is 0 Å². The normalized spacial score (nSPS) is 23.8. The van der Waals surface area contributed by atoms with Gasteiger partial charge in [0.05, 0.1) is 13.0 Å². The molecule has 1 heterocycles. The minimum atomic E-state index is -0.0609. The second-order valence-corrected chi connectivity index (χ2v) is 5.72. The van der Waals surface area contributed by atoms with Crippen molar-refractivity contribution in [2.45, 2.75) is 20.4 Å². The summed E-state index contributed by atoms with van der Waals surface area (Å²) in [7, 11) is 1.49. The number of carbonyl (C=O) groups is 1.